The number of hydrogen-bond acceptors (Lipinski definition) is 4. The molecule has 5 nitrogen and oxygen atoms in total. The molecule has 0 radical (unpaired) electrons. The Morgan fingerprint density at radius 3 is 2.81 bits per heavy atom. The highest BCUT2D eigenvalue weighted by atomic mass is 35.5. The van der Waals surface area contributed by atoms with E-state index in [0.29, 0.717) is 19.1 Å². The number of nitrogens with one attached hydrogen (secondary N) is 2. The van der Waals surface area contributed by atoms with Gasteiger partial charge in [-0.15, -0.1) is 24.8 Å². The number of nitrogens with zero attached hydrogens (tertiary/aromatic N) is 1. The zero-order chi connectivity index (χ0) is 16.8. The highest BCUT2D eigenvalue weighted by molar-refractivity contribution is 5.85. The van der Waals surface area contributed by atoms with Gasteiger partial charge in [0.2, 0.25) is 5.91 Å². The first kappa shape index (κ1) is 23.2. The zero-order valence-corrected chi connectivity index (χ0v) is 17.0. The predicted molar refractivity (Wildman–Crippen MR) is 109 cm³/mol. The monoisotopic (exact) mass is 403 g/mol. The lowest BCUT2D eigenvalue weighted by Gasteiger charge is -2.34. The number of ether oxygens (including phenoxy) is 1. The van der Waals surface area contributed by atoms with E-state index in [1.165, 1.54) is 5.56 Å². The normalized spacial score (nSPS) is 26.3. The zero-order valence-electron chi connectivity index (χ0n) is 15.4. The predicted octanol–water partition coefficient (Wildman–Crippen LogP) is 2.38. The molecule has 0 aromatic heterocycles. The fraction of sp³-hybridized carbons (Fsp3) is 0.632. The fourth-order valence-electron chi connectivity index (χ4n) is 3.60. The fourth-order valence-corrected chi connectivity index (χ4v) is 3.60. The molecule has 0 aliphatic carbocycles. The van der Waals surface area contributed by atoms with E-state index in [1.807, 2.05) is 6.07 Å². The summed E-state index contributed by atoms with van der Waals surface area (Å²) in [6.07, 6.45) is 2.63. The third kappa shape index (κ3) is 7.05. The topological polar surface area (TPSA) is 53.6 Å². The molecule has 0 saturated carbocycles. The number of rotatable bonds is 5. The van der Waals surface area contributed by atoms with E-state index in [9.17, 15) is 4.79 Å². The van der Waals surface area contributed by atoms with Crippen molar-refractivity contribution in [1.29, 1.82) is 0 Å². The number of hydrogen-bond donors (Lipinski definition) is 2. The first-order valence-corrected chi connectivity index (χ1v) is 9.11. The molecule has 2 fully saturated rings. The minimum Gasteiger partial charge on any atom is -0.375 e. The maximum absolute atomic E-state index is 12.4. The first-order chi connectivity index (χ1) is 11.7. The summed E-state index contributed by atoms with van der Waals surface area (Å²) in [5.41, 5.74) is 1.31. The van der Waals surface area contributed by atoms with Gasteiger partial charge in [-0.05, 0) is 31.9 Å². The maximum Gasteiger partial charge on any atom is 0.222 e. The number of carbonyl (C=O) groups excluding carboxylic acids is 1. The molecule has 1 aromatic rings. The lowest BCUT2D eigenvalue weighted by Crippen LogP contribution is -2.53. The molecule has 2 aliphatic heterocycles. The Morgan fingerprint density at radius 1 is 1.31 bits per heavy atom. The van der Waals surface area contributed by atoms with E-state index >= 15 is 0 Å². The highest BCUT2D eigenvalue weighted by Crippen LogP contribution is 2.14. The van der Waals surface area contributed by atoms with Crippen LogP contribution < -0.4 is 10.6 Å². The van der Waals surface area contributed by atoms with Crippen molar-refractivity contribution in [2.45, 2.75) is 50.9 Å². The minimum absolute atomic E-state index is 0. The van der Waals surface area contributed by atoms with Crippen LogP contribution in [0, 0.1) is 0 Å². The van der Waals surface area contributed by atoms with Crippen LogP contribution in [0.4, 0.5) is 0 Å². The van der Waals surface area contributed by atoms with Gasteiger partial charge < -0.3 is 15.4 Å². The van der Waals surface area contributed by atoms with Crippen molar-refractivity contribution >= 4 is 30.7 Å². The lowest BCUT2D eigenvalue weighted by molar-refractivity contribution is -0.127. The van der Waals surface area contributed by atoms with Crippen LogP contribution in [0.2, 0.25) is 0 Å². The van der Waals surface area contributed by atoms with Crippen LogP contribution in [0.3, 0.4) is 0 Å². The standard InChI is InChI=1S/C19H29N3O2.2ClH/c1-15-18(8-5-9-20-15)21-19(23)12-17-14-22(10-11-24-17)13-16-6-3-2-4-7-16;;/h2-4,6-7,15,17-18,20H,5,8-14H2,1H3,(H,21,23);2*1H. The van der Waals surface area contributed by atoms with E-state index in [2.05, 4.69) is 46.7 Å². The number of amides is 1. The molecule has 2 heterocycles. The second kappa shape index (κ2) is 11.8. The van der Waals surface area contributed by atoms with Gasteiger partial charge in [-0.3, -0.25) is 9.69 Å². The van der Waals surface area contributed by atoms with E-state index in [1.54, 1.807) is 0 Å². The van der Waals surface area contributed by atoms with Gasteiger partial charge in [0, 0.05) is 31.7 Å². The van der Waals surface area contributed by atoms with E-state index in [4.69, 9.17) is 4.74 Å². The number of halogens is 2. The van der Waals surface area contributed by atoms with Crippen LogP contribution in [0.1, 0.15) is 31.7 Å². The van der Waals surface area contributed by atoms with Crippen LogP contribution in [-0.4, -0.2) is 55.2 Å². The Bertz CT molecular complexity index is 533. The van der Waals surface area contributed by atoms with Gasteiger partial charge in [0.1, 0.15) is 0 Å². The van der Waals surface area contributed by atoms with Crippen LogP contribution in [0.15, 0.2) is 30.3 Å². The summed E-state index contributed by atoms with van der Waals surface area (Å²) in [6, 6.07) is 11.1. The molecular formula is C19H31Cl2N3O2. The van der Waals surface area contributed by atoms with E-state index in [-0.39, 0.29) is 42.9 Å². The summed E-state index contributed by atoms with van der Waals surface area (Å²) in [7, 11) is 0. The molecule has 148 valence electrons. The van der Waals surface area contributed by atoms with Crippen molar-refractivity contribution in [3.63, 3.8) is 0 Å². The average molecular weight is 404 g/mol. The van der Waals surface area contributed by atoms with Crippen molar-refractivity contribution < 1.29 is 9.53 Å². The molecule has 0 spiro atoms. The maximum atomic E-state index is 12.4. The molecule has 2 N–H and O–H groups in total. The van der Waals surface area contributed by atoms with Crippen LogP contribution in [0.5, 0.6) is 0 Å². The molecular weight excluding hydrogens is 373 g/mol. The van der Waals surface area contributed by atoms with Crippen molar-refractivity contribution in [3.05, 3.63) is 35.9 Å². The third-order valence-electron chi connectivity index (χ3n) is 4.99. The number of benzene rings is 1. The number of morpholine rings is 1. The van der Waals surface area contributed by atoms with Gasteiger partial charge >= 0.3 is 0 Å². The van der Waals surface area contributed by atoms with E-state index in [0.717, 1.165) is 39.0 Å². The Hall–Kier alpha value is -0.850. The quantitative estimate of drug-likeness (QED) is 0.792. The number of piperidine rings is 1. The Balaban J connectivity index is 0.00000169. The van der Waals surface area contributed by atoms with Crippen molar-refractivity contribution in [2.24, 2.45) is 0 Å². The summed E-state index contributed by atoms with van der Waals surface area (Å²) >= 11 is 0. The highest BCUT2D eigenvalue weighted by Gasteiger charge is 2.26. The molecule has 3 atom stereocenters. The molecule has 3 unspecified atom stereocenters. The number of carbonyl (C=O) groups is 1. The second-order valence-corrected chi connectivity index (χ2v) is 6.98. The summed E-state index contributed by atoms with van der Waals surface area (Å²) in [4.78, 5) is 14.7. The van der Waals surface area contributed by atoms with Gasteiger partial charge in [-0.1, -0.05) is 30.3 Å². The van der Waals surface area contributed by atoms with Gasteiger partial charge in [0.05, 0.1) is 19.1 Å². The molecule has 2 saturated heterocycles. The summed E-state index contributed by atoms with van der Waals surface area (Å²) in [5.74, 6) is 0.113. The van der Waals surface area contributed by atoms with Crippen LogP contribution in [0.25, 0.3) is 0 Å². The molecule has 0 bridgehead atoms. The molecule has 1 amide bonds. The Morgan fingerprint density at radius 2 is 2.08 bits per heavy atom. The van der Waals surface area contributed by atoms with Crippen LogP contribution >= 0.6 is 24.8 Å². The lowest BCUT2D eigenvalue weighted by atomic mass is 9.99. The van der Waals surface area contributed by atoms with Gasteiger partial charge in [-0.2, -0.15) is 0 Å². The third-order valence-corrected chi connectivity index (χ3v) is 4.99. The average Bonchev–Trinajstić information content (AvgIpc) is 2.58. The molecule has 3 rings (SSSR count). The van der Waals surface area contributed by atoms with Crippen molar-refractivity contribution in [2.75, 3.05) is 26.2 Å². The van der Waals surface area contributed by atoms with Crippen molar-refractivity contribution in [3.8, 4) is 0 Å². The molecule has 1 aromatic carbocycles. The summed E-state index contributed by atoms with van der Waals surface area (Å²) in [5, 5.41) is 6.60. The molecule has 26 heavy (non-hydrogen) atoms. The minimum atomic E-state index is -0.00526. The largest absolute Gasteiger partial charge is 0.375 e. The van der Waals surface area contributed by atoms with Gasteiger partial charge in [0.15, 0.2) is 0 Å². The Kier molecular flexibility index (Phi) is 10.5. The Labute approximate surface area is 169 Å². The summed E-state index contributed by atoms with van der Waals surface area (Å²) in [6.45, 7) is 6.56. The first-order valence-electron chi connectivity index (χ1n) is 9.11. The van der Waals surface area contributed by atoms with E-state index < -0.39 is 0 Å². The second-order valence-electron chi connectivity index (χ2n) is 6.98. The van der Waals surface area contributed by atoms with Crippen LogP contribution in [-0.2, 0) is 16.1 Å². The SMILES string of the molecule is CC1NCCCC1NC(=O)CC1CN(Cc2ccccc2)CCO1.Cl.Cl. The smallest absolute Gasteiger partial charge is 0.222 e. The van der Waals surface area contributed by atoms with Crippen molar-refractivity contribution in [1.82, 2.24) is 15.5 Å². The summed E-state index contributed by atoms with van der Waals surface area (Å²) < 4.78 is 5.81. The molecule has 7 heteroatoms. The van der Waals surface area contributed by atoms with Gasteiger partial charge in [-0.25, -0.2) is 0 Å². The van der Waals surface area contributed by atoms with Gasteiger partial charge in [0.25, 0.3) is 0 Å². The molecule has 2 aliphatic rings.